The topological polar surface area (TPSA) is 3.24 Å². The molecule has 23 heavy (non-hydrogen) atoms. The van der Waals surface area contributed by atoms with Crippen molar-refractivity contribution in [3.63, 3.8) is 0 Å². The smallest absolute Gasteiger partial charge is 0.0553 e. The maximum Gasteiger partial charge on any atom is 0.0553 e. The largest absolute Gasteiger partial charge is 0.340 e. The number of fused-ring (bicyclic) bond motifs is 2. The standard InChI is InChI=1S/C20H24BrNS/c1-15(2)8-4-3-7-13-22-17-9-5-6-10-19(17)23-20-14-16(21)11-12-18(20)22/h5-6,9-12,14-15H,3-4,7-8,13H2,1-2H3. The Morgan fingerprint density at radius 1 is 0.957 bits per heavy atom. The van der Waals surface area contributed by atoms with Gasteiger partial charge >= 0.3 is 0 Å². The molecule has 0 bridgehead atoms. The van der Waals surface area contributed by atoms with Gasteiger partial charge in [0.15, 0.2) is 0 Å². The van der Waals surface area contributed by atoms with Crippen LogP contribution in [0.15, 0.2) is 56.7 Å². The molecule has 0 fully saturated rings. The minimum Gasteiger partial charge on any atom is -0.340 e. The molecule has 0 spiro atoms. The highest BCUT2D eigenvalue weighted by molar-refractivity contribution is 9.10. The van der Waals surface area contributed by atoms with Crippen LogP contribution in [0.4, 0.5) is 11.4 Å². The SMILES string of the molecule is CC(C)CCCCCN1c2ccccc2Sc2cc(Br)ccc21. The quantitative estimate of drug-likeness (QED) is 0.477. The van der Waals surface area contributed by atoms with Crippen molar-refractivity contribution in [2.75, 3.05) is 11.4 Å². The third-order valence-corrected chi connectivity index (χ3v) is 5.86. The third kappa shape index (κ3) is 4.13. The van der Waals surface area contributed by atoms with Gasteiger partial charge in [-0.15, -0.1) is 0 Å². The molecule has 122 valence electrons. The summed E-state index contributed by atoms with van der Waals surface area (Å²) in [4.78, 5) is 5.21. The molecule has 1 aliphatic heterocycles. The summed E-state index contributed by atoms with van der Waals surface area (Å²) in [7, 11) is 0. The van der Waals surface area contributed by atoms with Gasteiger partial charge < -0.3 is 4.90 Å². The van der Waals surface area contributed by atoms with Gasteiger partial charge in [-0.05, 0) is 42.7 Å². The fourth-order valence-corrected chi connectivity index (χ4v) is 4.70. The number of rotatable bonds is 6. The second-order valence-electron chi connectivity index (χ2n) is 6.58. The Hall–Kier alpha value is -0.930. The molecule has 0 radical (unpaired) electrons. The summed E-state index contributed by atoms with van der Waals surface area (Å²) >= 11 is 5.48. The average molecular weight is 390 g/mol. The van der Waals surface area contributed by atoms with Crippen molar-refractivity contribution in [2.45, 2.75) is 49.3 Å². The Morgan fingerprint density at radius 2 is 1.74 bits per heavy atom. The lowest BCUT2D eigenvalue weighted by molar-refractivity contribution is 0.528. The fraction of sp³-hybridized carbons (Fsp3) is 0.400. The minimum atomic E-state index is 0.820. The average Bonchev–Trinajstić information content (AvgIpc) is 2.53. The van der Waals surface area contributed by atoms with Crippen LogP contribution in [0.1, 0.15) is 39.5 Å². The predicted molar refractivity (Wildman–Crippen MR) is 105 cm³/mol. The van der Waals surface area contributed by atoms with Crippen LogP contribution in [-0.4, -0.2) is 6.54 Å². The third-order valence-electron chi connectivity index (χ3n) is 4.25. The van der Waals surface area contributed by atoms with Crippen molar-refractivity contribution < 1.29 is 0 Å². The highest BCUT2D eigenvalue weighted by Gasteiger charge is 2.22. The van der Waals surface area contributed by atoms with Gasteiger partial charge in [0.2, 0.25) is 0 Å². The summed E-state index contributed by atoms with van der Waals surface area (Å²) in [6, 6.07) is 15.4. The van der Waals surface area contributed by atoms with Gasteiger partial charge in [-0.2, -0.15) is 0 Å². The molecule has 2 aromatic rings. The van der Waals surface area contributed by atoms with E-state index in [4.69, 9.17) is 0 Å². The van der Waals surface area contributed by atoms with Crippen molar-refractivity contribution >= 4 is 39.1 Å². The maximum absolute atomic E-state index is 3.61. The van der Waals surface area contributed by atoms with Crippen molar-refractivity contribution in [1.82, 2.24) is 0 Å². The van der Waals surface area contributed by atoms with Gasteiger partial charge in [0.1, 0.15) is 0 Å². The van der Waals surface area contributed by atoms with Crippen molar-refractivity contribution in [1.29, 1.82) is 0 Å². The van der Waals surface area contributed by atoms with E-state index in [1.54, 1.807) is 0 Å². The maximum atomic E-state index is 3.61. The van der Waals surface area contributed by atoms with Gasteiger partial charge in [0, 0.05) is 20.8 Å². The van der Waals surface area contributed by atoms with E-state index in [1.807, 2.05) is 11.8 Å². The molecule has 1 aliphatic rings. The van der Waals surface area contributed by atoms with Crippen LogP contribution in [0.5, 0.6) is 0 Å². The first-order chi connectivity index (χ1) is 11.1. The van der Waals surface area contributed by atoms with Crippen LogP contribution in [0.2, 0.25) is 0 Å². The van der Waals surface area contributed by atoms with E-state index in [2.05, 4.69) is 77.1 Å². The van der Waals surface area contributed by atoms with E-state index in [1.165, 1.54) is 46.8 Å². The van der Waals surface area contributed by atoms with Crippen LogP contribution in [0.3, 0.4) is 0 Å². The molecule has 0 unspecified atom stereocenters. The first kappa shape index (κ1) is 16.9. The molecular weight excluding hydrogens is 366 g/mol. The second kappa shape index (κ2) is 7.76. The Kier molecular flexibility index (Phi) is 5.71. The molecule has 0 aromatic heterocycles. The second-order valence-corrected chi connectivity index (χ2v) is 8.58. The Bertz CT molecular complexity index is 668. The molecule has 0 atom stereocenters. The van der Waals surface area contributed by atoms with Gasteiger partial charge in [0.25, 0.3) is 0 Å². The normalized spacial score (nSPS) is 13.1. The summed E-state index contributed by atoms with van der Waals surface area (Å²) in [5, 5.41) is 0. The highest BCUT2D eigenvalue weighted by Crippen LogP contribution is 2.48. The van der Waals surface area contributed by atoms with Gasteiger partial charge in [-0.1, -0.05) is 72.9 Å². The first-order valence-electron chi connectivity index (χ1n) is 8.49. The lowest BCUT2D eigenvalue weighted by atomic mass is 10.1. The summed E-state index contributed by atoms with van der Waals surface area (Å²) in [5.74, 6) is 0.820. The first-order valence-corrected chi connectivity index (χ1v) is 10.1. The zero-order valence-electron chi connectivity index (χ0n) is 13.9. The van der Waals surface area contributed by atoms with Crippen molar-refractivity contribution in [3.8, 4) is 0 Å². The van der Waals surface area contributed by atoms with E-state index >= 15 is 0 Å². The zero-order chi connectivity index (χ0) is 16.2. The molecule has 3 heteroatoms. The molecule has 0 saturated heterocycles. The number of hydrogen-bond acceptors (Lipinski definition) is 2. The van der Waals surface area contributed by atoms with E-state index in [0.717, 1.165) is 16.9 Å². The van der Waals surface area contributed by atoms with Crippen molar-refractivity contribution in [3.05, 3.63) is 46.9 Å². The minimum absolute atomic E-state index is 0.820. The lowest BCUT2D eigenvalue weighted by Crippen LogP contribution is -2.21. The van der Waals surface area contributed by atoms with E-state index < -0.39 is 0 Å². The van der Waals surface area contributed by atoms with Gasteiger partial charge in [-0.25, -0.2) is 0 Å². The summed E-state index contributed by atoms with van der Waals surface area (Å²) in [6.45, 7) is 5.72. The monoisotopic (exact) mass is 389 g/mol. The number of para-hydroxylation sites is 1. The fourth-order valence-electron chi connectivity index (χ4n) is 3.05. The van der Waals surface area contributed by atoms with E-state index in [0.29, 0.717) is 0 Å². The Balaban J connectivity index is 1.76. The number of benzene rings is 2. The molecule has 0 aliphatic carbocycles. The number of nitrogens with zero attached hydrogens (tertiary/aromatic N) is 1. The molecule has 0 N–H and O–H groups in total. The summed E-state index contributed by atoms with van der Waals surface area (Å²) in [6.07, 6.45) is 5.25. The molecule has 2 aromatic carbocycles. The van der Waals surface area contributed by atoms with Crippen LogP contribution < -0.4 is 4.90 Å². The highest BCUT2D eigenvalue weighted by atomic mass is 79.9. The number of unbranched alkanes of at least 4 members (excludes halogenated alkanes) is 2. The van der Waals surface area contributed by atoms with Crippen molar-refractivity contribution in [2.24, 2.45) is 5.92 Å². The molecule has 0 amide bonds. The Labute approximate surface area is 152 Å². The van der Waals surface area contributed by atoms with E-state index in [9.17, 15) is 0 Å². The van der Waals surface area contributed by atoms with Gasteiger partial charge in [-0.3, -0.25) is 0 Å². The summed E-state index contributed by atoms with van der Waals surface area (Å²) in [5.41, 5.74) is 2.71. The zero-order valence-corrected chi connectivity index (χ0v) is 16.3. The Morgan fingerprint density at radius 3 is 2.57 bits per heavy atom. The van der Waals surface area contributed by atoms with Crippen LogP contribution in [0, 0.1) is 5.92 Å². The predicted octanol–water partition coefficient (Wildman–Crippen LogP) is 7.27. The van der Waals surface area contributed by atoms with Crippen LogP contribution in [-0.2, 0) is 0 Å². The molecule has 1 nitrogen and oxygen atoms in total. The van der Waals surface area contributed by atoms with Crippen LogP contribution in [0.25, 0.3) is 0 Å². The molecular formula is C20H24BrNS. The number of halogens is 1. The number of hydrogen-bond donors (Lipinski definition) is 0. The van der Waals surface area contributed by atoms with Gasteiger partial charge in [0.05, 0.1) is 11.4 Å². The summed E-state index contributed by atoms with van der Waals surface area (Å²) < 4.78 is 1.15. The van der Waals surface area contributed by atoms with E-state index in [-0.39, 0.29) is 0 Å². The van der Waals surface area contributed by atoms with Crippen LogP contribution >= 0.6 is 27.7 Å². The number of anilines is 2. The molecule has 1 heterocycles. The lowest BCUT2D eigenvalue weighted by Gasteiger charge is -2.33. The molecule has 0 saturated carbocycles. The molecule has 3 rings (SSSR count).